The van der Waals surface area contributed by atoms with Gasteiger partial charge in [0.1, 0.15) is 5.01 Å². The van der Waals surface area contributed by atoms with Crippen molar-refractivity contribution in [3.63, 3.8) is 0 Å². The van der Waals surface area contributed by atoms with Gasteiger partial charge in [-0.15, -0.1) is 21.5 Å². The quantitative estimate of drug-likeness (QED) is 0.401. The number of hydrogen-bond acceptors (Lipinski definition) is 9. The summed E-state index contributed by atoms with van der Waals surface area (Å²) in [6, 6.07) is 6.63. The van der Waals surface area contributed by atoms with Crippen LogP contribution in [0.1, 0.15) is 28.2 Å². The van der Waals surface area contributed by atoms with Crippen LogP contribution in [0.25, 0.3) is 0 Å². The smallest absolute Gasteiger partial charge is 0.211 e. The van der Waals surface area contributed by atoms with E-state index >= 15 is 0 Å². The van der Waals surface area contributed by atoms with Gasteiger partial charge in [-0.2, -0.15) is 5.10 Å². The van der Waals surface area contributed by atoms with E-state index in [2.05, 4.69) is 25.6 Å². The Morgan fingerprint density at radius 3 is 2.86 bits per heavy atom. The van der Waals surface area contributed by atoms with Crippen LogP contribution in [-0.4, -0.2) is 30.1 Å². The highest BCUT2D eigenvalue weighted by Crippen LogP contribution is 2.35. The van der Waals surface area contributed by atoms with Crippen LogP contribution in [0.2, 0.25) is 0 Å². The Balaban J connectivity index is 1.48. The summed E-state index contributed by atoms with van der Waals surface area (Å²) in [4.78, 5) is 4.34. The van der Waals surface area contributed by atoms with E-state index in [4.69, 9.17) is 5.73 Å². The fourth-order valence-corrected chi connectivity index (χ4v) is 4.38. The predicted octanol–water partition coefficient (Wildman–Crippen LogP) is 3.27. The van der Waals surface area contributed by atoms with Crippen LogP contribution in [0.3, 0.4) is 0 Å². The van der Waals surface area contributed by atoms with Gasteiger partial charge in [-0.3, -0.25) is 4.68 Å². The Morgan fingerprint density at radius 1 is 1.28 bits per heavy atom. The maximum atomic E-state index is 14.1. The summed E-state index contributed by atoms with van der Waals surface area (Å²) < 4.78 is 15.7. The van der Waals surface area contributed by atoms with Crippen LogP contribution in [0.4, 0.5) is 21.0 Å². The zero-order valence-corrected chi connectivity index (χ0v) is 17.3. The Morgan fingerprint density at radius 2 is 2.10 bits per heavy atom. The van der Waals surface area contributed by atoms with Crippen molar-refractivity contribution in [2.75, 3.05) is 11.1 Å². The number of hydrogen-bond donors (Lipinski definition) is 3. The van der Waals surface area contributed by atoms with E-state index in [1.807, 2.05) is 12.3 Å². The Kier molecular flexibility index (Phi) is 5.03. The number of nitrogens with one attached hydrogen (secondary N) is 1. The SMILES string of the molecule is Cc1csc(C(C)(O)c2nnc(Nc3ccn(Cc4cccc(N)c4F)n3)s2)n1. The minimum Gasteiger partial charge on any atom is -0.396 e. The van der Waals surface area contributed by atoms with Gasteiger partial charge in [0.2, 0.25) is 5.13 Å². The van der Waals surface area contributed by atoms with Crippen LogP contribution >= 0.6 is 22.7 Å². The van der Waals surface area contributed by atoms with Crippen molar-refractivity contribution in [3.05, 3.63) is 62.9 Å². The molecule has 11 heteroatoms. The number of halogens is 1. The summed E-state index contributed by atoms with van der Waals surface area (Å²) in [6.45, 7) is 3.76. The molecule has 4 aromatic rings. The van der Waals surface area contributed by atoms with E-state index in [1.165, 1.54) is 28.7 Å². The van der Waals surface area contributed by atoms with Crippen LogP contribution in [-0.2, 0) is 12.1 Å². The van der Waals surface area contributed by atoms with E-state index in [0.717, 1.165) is 5.69 Å². The minimum atomic E-state index is -1.32. The molecule has 0 radical (unpaired) electrons. The number of benzene rings is 1. The molecule has 0 saturated carbocycles. The largest absolute Gasteiger partial charge is 0.396 e. The molecule has 0 fully saturated rings. The first-order chi connectivity index (χ1) is 13.8. The van der Waals surface area contributed by atoms with E-state index in [9.17, 15) is 9.50 Å². The van der Waals surface area contributed by atoms with Gasteiger partial charge in [0, 0.05) is 28.9 Å². The second-order valence-electron chi connectivity index (χ2n) is 6.62. The Labute approximate surface area is 173 Å². The molecule has 0 aliphatic heterocycles. The summed E-state index contributed by atoms with van der Waals surface area (Å²) in [5, 5.41) is 29.8. The number of rotatable bonds is 6. The van der Waals surface area contributed by atoms with Crippen LogP contribution in [0, 0.1) is 12.7 Å². The van der Waals surface area contributed by atoms with Crippen molar-refractivity contribution in [3.8, 4) is 0 Å². The average molecular weight is 432 g/mol. The summed E-state index contributed by atoms with van der Waals surface area (Å²) in [5.74, 6) is 0.0904. The van der Waals surface area contributed by atoms with Gasteiger partial charge in [0.25, 0.3) is 0 Å². The fourth-order valence-electron chi connectivity index (χ4n) is 2.66. The van der Waals surface area contributed by atoms with Gasteiger partial charge in [0.15, 0.2) is 22.2 Å². The van der Waals surface area contributed by atoms with Gasteiger partial charge in [0.05, 0.1) is 12.2 Å². The molecule has 3 heterocycles. The van der Waals surface area contributed by atoms with Crippen molar-refractivity contribution >= 4 is 39.3 Å². The highest BCUT2D eigenvalue weighted by molar-refractivity contribution is 7.15. The molecule has 0 bridgehead atoms. The lowest BCUT2D eigenvalue weighted by molar-refractivity contribution is 0.101. The van der Waals surface area contributed by atoms with Crippen molar-refractivity contribution in [1.29, 1.82) is 0 Å². The molecule has 1 unspecified atom stereocenters. The highest BCUT2D eigenvalue weighted by atomic mass is 32.1. The molecule has 0 aliphatic carbocycles. The monoisotopic (exact) mass is 431 g/mol. The molecule has 0 aliphatic rings. The third-order valence-corrected chi connectivity index (χ3v) is 6.41. The highest BCUT2D eigenvalue weighted by Gasteiger charge is 2.33. The molecule has 150 valence electrons. The van der Waals surface area contributed by atoms with Crippen LogP contribution in [0.5, 0.6) is 0 Å². The zero-order valence-electron chi connectivity index (χ0n) is 15.6. The predicted molar refractivity (Wildman–Crippen MR) is 111 cm³/mol. The first kappa shape index (κ1) is 19.4. The molecule has 0 amide bonds. The third-order valence-electron chi connectivity index (χ3n) is 4.19. The maximum absolute atomic E-state index is 14.1. The summed E-state index contributed by atoms with van der Waals surface area (Å²) in [6.07, 6.45) is 1.72. The molecule has 29 heavy (non-hydrogen) atoms. The minimum absolute atomic E-state index is 0.108. The topological polar surface area (TPSA) is 115 Å². The summed E-state index contributed by atoms with van der Waals surface area (Å²) >= 11 is 2.59. The average Bonchev–Trinajstić information content (AvgIpc) is 3.41. The van der Waals surface area contributed by atoms with Gasteiger partial charge in [-0.25, -0.2) is 9.37 Å². The first-order valence-electron chi connectivity index (χ1n) is 8.65. The molecule has 4 N–H and O–H groups in total. The molecular weight excluding hydrogens is 413 g/mol. The van der Waals surface area contributed by atoms with Gasteiger partial charge < -0.3 is 16.2 Å². The van der Waals surface area contributed by atoms with Crippen molar-refractivity contribution in [1.82, 2.24) is 25.0 Å². The second-order valence-corrected chi connectivity index (χ2v) is 8.46. The number of nitrogens with zero attached hydrogens (tertiary/aromatic N) is 5. The number of nitrogens with two attached hydrogens (primary N) is 1. The molecule has 4 rings (SSSR count). The summed E-state index contributed by atoms with van der Waals surface area (Å²) in [5.41, 5.74) is 5.69. The van der Waals surface area contributed by atoms with Gasteiger partial charge in [-0.1, -0.05) is 23.5 Å². The standard InChI is InChI=1S/C18H18FN7OS2/c1-10-9-28-15(21-10)18(2,27)16-23-24-17(29-16)22-13-6-7-26(25-13)8-11-4-3-5-12(20)14(11)19/h3-7,9,27H,8,20H2,1-2H3,(H,22,24,25). The molecule has 1 aromatic carbocycles. The number of thiazole rings is 1. The van der Waals surface area contributed by atoms with Crippen LogP contribution < -0.4 is 11.1 Å². The summed E-state index contributed by atoms with van der Waals surface area (Å²) in [7, 11) is 0. The van der Waals surface area contributed by atoms with Crippen LogP contribution in [0.15, 0.2) is 35.8 Å². The van der Waals surface area contributed by atoms with Gasteiger partial charge in [-0.05, 0) is 19.9 Å². The number of aryl methyl sites for hydroxylation is 1. The lowest BCUT2D eigenvalue weighted by Gasteiger charge is -2.16. The van der Waals surface area contributed by atoms with E-state index < -0.39 is 11.4 Å². The first-order valence-corrected chi connectivity index (χ1v) is 10.3. The number of aliphatic hydroxyl groups is 1. The molecule has 0 spiro atoms. The van der Waals surface area contributed by atoms with E-state index in [1.54, 1.807) is 36.0 Å². The number of anilines is 3. The Hall–Kier alpha value is -2.89. The molecule has 8 nitrogen and oxygen atoms in total. The lowest BCUT2D eigenvalue weighted by atomic mass is 10.1. The molecule has 0 saturated heterocycles. The maximum Gasteiger partial charge on any atom is 0.211 e. The lowest BCUT2D eigenvalue weighted by Crippen LogP contribution is -2.22. The van der Waals surface area contributed by atoms with E-state index in [-0.39, 0.29) is 12.2 Å². The fraction of sp³-hybridized carbons (Fsp3) is 0.222. The number of aromatic nitrogens is 5. The van der Waals surface area contributed by atoms with E-state index in [0.29, 0.717) is 26.5 Å². The molecule has 1 atom stereocenters. The third kappa shape index (κ3) is 3.97. The Bertz CT molecular complexity index is 1150. The van der Waals surface area contributed by atoms with Crippen molar-refractivity contribution < 1.29 is 9.50 Å². The molecule has 3 aromatic heterocycles. The van der Waals surface area contributed by atoms with Gasteiger partial charge >= 0.3 is 0 Å². The second kappa shape index (κ2) is 7.50. The zero-order chi connectivity index (χ0) is 20.6. The number of nitrogen functional groups attached to an aromatic ring is 1. The molecular formula is C18H18FN7OS2. The van der Waals surface area contributed by atoms with Crippen molar-refractivity contribution in [2.24, 2.45) is 0 Å². The normalized spacial score (nSPS) is 13.4. The van der Waals surface area contributed by atoms with Crippen molar-refractivity contribution in [2.45, 2.75) is 26.0 Å².